The first kappa shape index (κ1) is 81.8. The molecule has 2 bridgehead atoms. The summed E-state index contributed by atoms with van der Waals surface area (Å²) >= 11 is 0. The maximum absolute atomic E-state index is 15.0. The van der Waals surface area contributed by atoms with Crippen LogP contribution in [-0.2, 0) is 81.7 Å². The minimum Gasteiger partial charge on any atom is -0.370 e. The molecule has 0 saturated carbocycles. The number of hydrogen-bond acceptors (Lipinski definition) is 18. The minimum absolute atomic E-state index is 0. The lowest BCUT2D eigenvalue weighted by atomic mass is 9.92. The van der Waals surface area contributed by atoms with Gasteiger partial charge in [-0.1, -0.05) is 92.1 Å². The maximum atomic E-state index is 15.0. The van der Waals surface area contributed by atoms with Crippen molar-refractivity contribution in [3.63, 3.8) is 0 Å². The van der Waals surface area contributed by atoms with Crippen LogP contribution >= 0.6 is 0 Å². The van der Waals surface area contributed by atoms with Gasteiger partial charge in [-0.05, 0) is 100 Å². The fourth-order valence-corrected chi connectivity index (χ4v) is 10.8. The molecule has 3 heterocycles. The van der Waals surface area contributed by atoms with Gasteiger partial charge in [0.05, 0.1) is 36.7 Å². The van der Waals surface area contributed by atoms with Crippen molar-refractivity contribution in [1.82, 2.24) is 68.0 Å². The number of Topliss-reactive ketones (excluding diaryl/α,β-unsaturated/α-hetero) is 2. The van der Waals surface area contributed by atoms with Gasteiger partial charge >= 0.3 is 0 Å². The third-order valence-corrected chi connectivity index (χ3v) is 15.9. The lowest BCUT2D eigenvalue weighted by Gasteiger charge is -2.29. The zero-order valence-corrected chi connectivity index (χ0v) is 56.0. The summed E-state index contributed by atoms with van der Waals surface area (Å²) in [4.78, 5) is 186. The molecule has 0 aliphatic carbocycles. The van der Waals surface area contributed by atoms with Gasteiger partial charge < -0.3 is 76.6 Å². The fourth-order valence-electron chi connectivity index (χ4n) is 10.8. The molecule has 4 rings (SSSR count). The largest absolute Gasteiger partial charge is 0.370 e. The average Bonchev–Trinajstić information content (AvgIpc) is 1.84. The van der Waals surface area contributed by atoms with Crippen LogP contribution in [0.25, 0.3) is 10.9 Å². The number of rotatable bonds is 24. The minimum atomic E-state index is -1.59. The average molecular weight is 1360 g/mol. The number of aryl methyl sites for hydroxylation is 2. The number of hydrogen-bond donors (Lipinski definition) is 16. The van der Waals surface area contributed by atoms with E-state index >= 15 is 4.79 Å². The number of nitrogens with zero attached hydrogens (tertiary/aromatic N) is 4. The second-order valence-corrected chi connectivity index (χ2v) is 25.8. The number of guanidine groups is 1. The highest BCUT2D eigenvalue weighted by Gasteiger charge is 2.38. The molecule has 1 aromatic carbocycles. The summed E-state index contributed by atoms with van der Waals surface area (Å²) in [6, 6.07) is -5.95. The number of para-hydroxylation sites is 1. The first-order chi connectivity index (χ1) is 45.3. The highest BCUT2D eigenvalue weighted by Crippen LogP contribution is 2.21. The van der Waals surface area contributed by atoms with Crippen LogP contribution in [0.4, 0.5) is 0 Å². The molecular formula is C64H104N20O13. The van der Waals surface area contributed by atoms with E-state index in [1.54, 1.807) is 83.7 Å². The molecule has 0 fully saturated rings. The summed E-state index contributed by atoms with van der Waals surface area (Å²) in [7, 11) is 0. The number of aliphatic imine (C=N–C) groups is 1. The molecule has 538 valence electrons. The summed E-state index contributed by atoms with van der Waals surface area (Å²) < 4.78 is 1.63. The number of primary amides is 4. The third-order valence-electron chi connectivity index (χ3n) is 15.9. The molecule has 3 aromatic rings. The van der Waals surface area contributed by atoms with Crippen LogP contribution in [-0.4, -0.2) is 163 Å². The smallest absolute Gasteiger partial charge is 0.243 e. The van der Waals surface area contributed by atoms with Crippen molar-refractivity contribution in [2.75, 3.05) is 6.54 Å². The summed E-state index contributed by atoms with van der Waals surface area (Å²) in [5.41, 5.74) is 40.6. The number of carbonyl (C=O) groups is 13. The number of carbonyl (C=O) groups excluding carboxylic acids is 13. The Hall–Kier alpha value is -9.40. The van der Waals surface area contributed by atoms with Crippen LogP contribution in [0.3, 0.4) is 0 Å². The third kappa shape index (κ3) is 28.8. The van der Waals surface area contributed by atoms with Crippen molar-refractivity contribution < 1.29 is 62.3 Å². The standard InChI is InChI=1S/C63H100N20O13.CH4/c1-33(2)25-44-53(87)54(88)45(26-34(3)4)81-80-43(59(93)73-42(21-22-50(64)84)58(92)75-46(55(67)89)29-51(65)85)19-13-16-38-32-83(82-79-38)24-12-8-9-15-36(7)56(90)76-49(30-52(66)86)62(96)77-47(27-35(5)6)60(94)78-48(28-37-31-71-40-18-11-10-17-39(37)40)61(95)72-41(57(91)74-44)20-14-23-70-63(68)69;/h10-11,17-18,31-36,41-49,71,80-81H,8-9,12-16,19-30H2,1-7H3,(H2,64,84)(H2,65,85)(H2,66,86)(H2,67,89)(H,72,95)(H,73,93)(H,74,91)(H,75,92)(H,76,90)(H,77,96)(H,78,94)(H4,68,69,70);1H4/t36-,41?,42+,43+,44+,45+,46+,47?,48+,49+;/m1./s1. The normalized spacial score (nSPS) is 21.9. The molecule has 2 aromatic heterocycles. The van der Waals surface area contributed by atoms with E-state index in [0.717, 1.165) is 0 Å². The number of fused-ring (bicyclic) bond motifs is 3. The number of aromatic nitrogens is 4. The van der Waals surface area contributed by atoms with Crippen LogP contribution in [0, 0.1) is 23.7 Å². The lowest BCUT2D eigenvalue weighted by Crippen LogP contribution is -2.61. The fraction of sp³-hybridized carbons (Fsp3) is 0.625. The van der Waals surface area contributed by atoms with Gasteiger partial charge in [0, 0.05) is 55.1 Å². The first-order valence-electron chi connectivity index (χ1n) is 32.7. The van der Waals surface area contributed by atoms with Gasteiger partial charge in [0.25, 0.3) is 0 Å². The molecule has 22 N–H and O–H groups in total. The zero-order valence-electron chi connectivity index (χ0n) is 56.0. The summed E-state index contributed by atoms with van der Waals surface area (Å²) in [6.07, 6.45) is 3.62. The Kier molecular flexibility index (Phi) is 34.5. The molecule has 0 spiro atoms. The number of amides is 11. The molecule has 33 nitrogen and oxygen atoms in total. The Morgan fingerprint density at radius 2 is 1.23 bits per heavy atom. The van der Waals surface area contributed by atoms with Crippen molar-refractivity contribution in [2.45, 2.75) is 226 Å². The number of ketones is 2. The zero-order chi connectivity index (χ0) is 71.3. The van der Waals surface area contributed by atoms with Gasteiger partial charge in [0.1, 0.15) is 36.3 Å². The number of aromatic amines is 1. The summed E-state index contributed by atoms with van der Waals surface area (Å²) in [5, 5.41) is 27.7. The monoisotopic (exact) mass is 1360 g/mol. The van der Waals surface area contributed by atoms with E-state index in [1.807, 2.05) is 6.07 Å². The highest BCUT2D eigenvalue weighted by molar-refractivity contribution is 6.41. The van der Waals surface area contributed by atoms with Crippen LogP contribution in [0.5, 0.6) is 0 Å². The van der Waals surface area contributed by atoms with Gasteiger partial charge in [-0.25, -0.2) is 10.9 Å². The molecular weight excluding hydrogens is 1260 g/mol. The molecule has 1 aliphatic rings. The topological polar surface area (TPSA) is 545 Å². The van der Waals surface area contributed by atoms with E-state index in [9.17, 15) is 57.5 Å². The Balaban J connectivity index is 0.0000245. The molecule has 0 radical (unpaired) electrons. The Morgan fingerprint density at radius 3 is 1.87 bits per heavy atom. The van der Waals surface area contributed by atoms with Gasteiger partial charge in [-0.3, -0.25) is 72.0 Å². The van der Waals surface area contributed by atoms with Crippen molar-refractivity contribution >= 4 is 93.4 Å². The summed E-state index contributed by atoms with van der Waals surface area (Å²) in [6.45, 7) is 12.7. The molecule has 33 heteroatoms. The van der Waals surface area contributed by atoms with Crippen LogP contribution < -0.4 is 82.5 Å². The van der Waals surface area contributed by atoms with Crippen molar-refractivity contribution in [2.24, 2.45) is 63.1 Å². The second-order valence-electron chi connectivity index (χ2n) is 25.8. The molecule has 1 aliphatic heterocycles. The summed E-state index contributed by atoms with van der Waals surface area (Å²) in [5.74, 6) is -13.6. The van der Waals surface area contributed by atoms with Crippen molar-refractivity contribution in [3.8, 4) is 0 Å². The van der Waals surface area contributed by atoms with Crippen LogP contribution in [0.1, 0.15) is 163 Å². The predicted octanol–water partition coefficient (Wildman–Crippen LogP) is -1.77. The van der Waals surface area contributed by atoms with E-state index in [4.69, 9.17) is 34.4 Å². The van der Waals surface area contributed by atoms with Gasteiger partial charge in [-0.15, -0.1) is 5.10 Å². The number of nitrogens with one attached hydrogen (secondary N) is 10. The van der Waals surface area contributed by atoms with Crippen molar-refractivity contribution in [3.05, 3.63) is 47.9 Å². The van der Waals surface area contributed by atoms with Gasteiger partial charge in [0.15, 0.2) is 5.96 Å². The highest BCUT2D eigenvalue weighted by atomic mass is 16.2. The number of benzene rings is 1. The van der Waals surface area contributed by atoms with E-state index in [0.29, 0.717) is 54.4 Å². The molecule has 10 atom stereocenters. The molecule has 2 unspecified atom stereocenters. The Bertz CT molecular complexity index is 3210. The number of nitrogens with two attached hydrogens (primary N) is 6. The van der Waals surface area contributed by atoms with E-state index in [-0.39, 0.29) is 102 Å². The SMILES string of the molecule is C.CC(C)CC1NC(=O)[C@H](CC(N)=O)NC(=O)[C@H](C)CCCCCn2cc(nn2)CCC[C@@H](C(=O)N[C@@H](CCC(N)=O)C(=O)N[C@@H](CC(N)=O)C(N)=O)NN[C@@H](CC(C)C)C(=O)C(=O)[C@H](CC(C)C)NC(=O)C(CCCN=C(N)N)NC(=O)[C@H](Cc2c[nH]c3ccccc23)NC1=O. The lowest BCUT2D eigenvalue weighted by molar-refractivity contribution is -0.141. The maximum Gasteiger partial charge on any atom is 0.243 e. The van der Waals surface area contributed by atoms with E-state index < -0.39 is 156 Å². The first-order valence-corrected chi connectivity index (χ1v) is 32.7. The number of hydrazine groups is 1. The van der Waals surface area contributed by atoms with Crippen LogP contribution in [0.15, 0.2) is 41.7 Å². The van der Waals surface area contributed by atoms with Gasteiger partial charge in [0.2, 0.25) is 76.5 Å². The predicted molar refractivity (Wildman–Crippen MR) is 360 cm³/mol. The van der Waals surface area contributed by atoms with E-state index in [1.165, 1.54) is 0 Å². The Labute approximate surface area is 565 Å². The molecule has 0 saturated heterocycles. The second kappa shape index (κ2) is 40.9. The van der Waals surface area contributed by atoms with E-state index in [2.05, 4.69) is 68.4 Å². The van der Waals surface area contributed by atoms with Crippen molar-refractivity contribution in [1.29, 1.82) is 0 Å². The molecule has 97 heavy (non-hydrogen) atoms. The Morgan fingerprint density at radius 1 is 0.639 bits per heavy atom. The van der Waals surface area contributed by atoms with Gasteiger partial charge in [-0.2, -0.15) is 0 Å². The quantitative estimate of drug-likeness (QED) is 0.0204. The number of H-pyrrole nitrogens is 1. The van der Waals surface area contributed by atoms with Crippen LogP contribution in [0.2, 0.25) is 0 Å². The molecule has 11 amide bonds.